The number of sulfonamides is 1. The van der Waals surface area contributed by atoms with Crippen LogP contribution in [0.15, 0.2) is 47.4 Å². The van der Waals surface area contributed by atoms with Crippen LogP contribution in [0.25, 0.3) is 0 Å². The number of hydrogen-bond acceptors (Lipinski definition) is 5. The van der Waals surface area contributed by atoms with Crippen LogP contribution in [0.5, 0.6) is 0 Å². The monoisotopic (exact) mass is 434 g/mol. The predicted molar refractivity (Wildman–Crippen MR) is 109 cm³/mol. The van der Waals surface area contributed by atoms with Gasteiger partial charge >= 0.3 is 5.97 Å². The van der Waals surface area contributed by atoms with Crippen molar-refractivity contribution < 1.29 is 27.1 Å². The van der Waals surface area contributed by atoms with Crippen LogP contribution in [0.2, 0.25) is 0 Å². The van der Waals surface area contributed by atoms with Gasteiger partial charge < -0.3 is 10.1 Å². The molecule has 0 atom stereocenters. The van der Waals surface area contributed by atoms with Crippen LogP contribution in [0.3, 0.4) is 0 Å². The van der Waals surface area contributed by atoms with Crippen molar-refractivity contribution in [2.75, 3.05) is 25.5 Å². The summed E-state index contributed by atoms with van der Waals surface area (Å²) in [5.74, 6) is -1.57. The number of nitrogens with zero attached hydrogens (tertiary/aromatic N) is 1. The molecule has 3 rings (SSSR count). The molecule has 0 radical (unpaired) electrons. The van der Waals surface area contributed by atoms with Gasteiger partial charge in [0.05, 0.1) is 17.6 Å². The van der Waals surface area contributed by atoms with Gasteiger partial charge in [0.15, 0.2) is 0 Å². The zero-order chi connectivity index (χ0) is 21.9. The van der Waals surface area contributed by atoms with Crippen LogP contribution in [-0.4, -0.2) is 44.8 Å². The topological polar surface area (TPSA) is 92.8 Å². The quantitative estimate of drug-likeness (QED) is 0.731. The van der Waals surface area contributed by atoms with E-state index < -0.39 is 21.8 Å². The molecule has 1 aliphatic heterocycles. The minimum Gasteiger partial charge on any atom is -0.465 e. The number of rotatable bonds is 5. The Morgan fingerprint density at radius 2 is 1.73 bits per heavy atom. The highest BCUT2D eigenvalue weighted by molar-refractivity contribution is 7.89. The van der Waals surface area contributed by atoms with E-state index in [4.69, 9.17) is 4.74 Å². The standard InChI is InChI=1S/C21H23FN2O5S/c1-14-18(21(26)29-2)4-3-5-19(14)23-20(25)15-10-12-24(13-11-15)30(27,28)17-8-6-16(22)7-9-17/h3-9,15H,10-13H2,1-2H3,(H,23,25). The molecule has 160 valence electrons. The Kier molecular flexibility index (Phi) is 6.52. The highest BCUT2D eigenvalue weighted by atomic mass is 32.2. The molecule has 30 heavy (non-hydrogen) atoms. The van der Waals surface area contributed by atoms with Gasteiger partial charge in [-0.05, 0) is 61.7 Å². The summed E-state index contributed by atoms with van der Waals surface area (Å²) in [4.78, 5) is 24.5. The lowest BCUT2D eigenvalue weighted by atomic mass is 9.96. The smallest absolute Gasteiger partial charge is 0.338 e. The van der Waals surface area contributed by atoms with Crippen molar-refractivity contribution >= 4 is 27.6 Å². The lowest BCUT2D eigenvalue weighted by Crippen LogP contribution is -2.41. The van der Waals surface area contributed by atoms with Gasteiger partial charge in [0, 0.05) is 24.7 Å². The number of halogens is 1. The second kappa shape index (κ2) is 8.93. The van der Waals surface area contributed by atoms with Gasteiger partial charge in [0.2, 0.25) is 15.9 Å². The Morgan fingerprint density at radius 3 is 2.33 bits per heavy atom. The van der Waals surface area contributed by atoms with Crippen molar-refractivity contribution in [3.8, 4) is 0 Å². The molecule has 7 nitrogen and oxygen atoms in total. The number of hydrogen-bond donors (Lipinski definition) is 1. The number of ether oxygens (including phenoxy) is 1. The molecule has 0 aliphatic carbocycles. The number of benzene rings is 2. The highest BCUT2D eigenvalue weighted by Crippen LogP contribution is 2.26. The van der Waals surface area contributed by atoms with Crippen LogP contribution >= 0.6 is 0 Å². The Morgan fingerprint density at radius 1 is 1.10 bits per heavy atom. The summed E-state index contributed by atoms with van der Waals surface area (Å²) in [5, 5.41) is 2.83. The minimum absolute atomic E-state index is 0.0297. The average Bonchev–Trinajstić information content (AvgIpc) is 2.75. The Hall–Kier alpha value is -2.78. The molecule has 0 bridgehead atoms. The van der Waals surface area contributed by atoms with Crippen molar-refractivity contribution in [3.63, 3.8) is 0 Å². The van der Waals surface area contributed by atoms with Crippen molar-refractivity contribution in [2.45, 2.75) is 24.7 Å². The molecule has 0 spiro atoms. The average molecular weight is 434 g/mol. The maximum Gasteiger partial charge on any atom is 0.338 e. The fourth-order valence-corrected chi connectivity index (χ4v) is 4.92. The number of nitrogens with one attached hydrogen (secondary N) is 1. The van der Waals surface area contributed by atoms with Crippen LogP contribution < -0.4 is 5.32 Å². The first kappa shape index (κ1) is 21.9. The first-order valence-corrected chi connectivity index (χ1v) is 10.9. The first-order valence-electron chi connectivity index (χ1n) is 9.48. The van der Waals surface area contributed by atoms with Crippen molar-refractivity contribution in [2.24, 2.45) is 5.92 Å². The molecule has 9 heteroatoms. The molecule has 1 aliphatic rings. The van der Waals surface area contributed by atoms with Crippen molar-refractivity contribution in [3.05, 3.63) is 59.4 Å². The molecule has 1 amide bonds. The zero-order valence-electron chi connectivity index (χ0n) is 16.7. The molecular weight excluding hydrogens is 411 g/mol. The van der Waals surface area contributed by atoms with E-state index in [1.807, 2.05) is 0 Å². The second-order valence-corrected chi connectivity index (χ2v) is 9.03. The van der Waals surface area contributed by atoms with E-state index in [9.17, 15) is 22.4 Å². The molecular formula is C21H23FN2O5S. The third-order valence-corrected chi connectivity index (χ3v) is 7.19. The maximum atomic E-state index is 13.1. The lowest BCUT2D eigenvalue weighted by molar-refractivity contribution is -0.120. The van der Waals surface area contributed by atoms with Gasteiger partial charge in [-0.25, -0.2) is 17.6 Å². The minimum atomic E-state index is -3.73. The lowest BCUT2D eigenvalue weighted by Gasteiger charge is -2.30. The summed E-state index contributed by atoms with van der Waals surface area (Å²) in [7, 11) is -2.44. The SMILES string of the molecule is COC(=O)c1cccc(NC(=O)C2CCN(S(=O)(=O)c3ccc(F)cc3)CC2)c1C. The maximum absolute atomic E-state index is 13.1. The zero-order valence-corrected chi connectivity index (χ0v) is 17.5. The van der Waals surface area contributed by atoms with E-state index in [0.29, 0.717) is 29.7 Å². The summed E-state index contributed by atoms with van der Waals surface area (Å²) in [6.07, 6.45) is 0.726. The summed E-state index contributed by atoms with van der Waals surface area (Å²) >= 11 is 0. The Bertz CT molecular complexity index is 1050. The summed E-state index contributed by atoms with van der Waals surface area (Å²) in [6, 6.07) is 9.67. The van der Waals surface area contributed by atoms with E-state index in [-0.39, 0.29) is 29.8 Å². The van der Waals surface area contributed by atoms with Crippen LogP contribution in [0.1, 0.15) is 28.8 Å². The van der Waals surface area contributed by atoms with Gasteiger partial charge in [0.25, 0.3) is 0 Å². The summed E-state index contributed by atoms with van der Waals surface area (Å²) < 4.78 is 44.5. The van der Waals surface area contributed by atoms with E-state index in [0.717, 1.165) is 12.1 Å². The fourth-order valence-electron chi connectivity index (χ4n) is 3.45. The normalized spacial score (nSPS) is 15.6. The third kappa shape index (κ3) is 4.52. The van der Waals surface area contributed by atoms with Gasteiger partial charge in [-0.1, -0.05) is 6.07 Å². The van der Waals surface area contributed by atoms with E-state index in [1.54, 1.807) is 25.1 Å². The van der Waals surface area contributed by atoms with Crippen LogP contribution in [0, 0.1) is 18.7 Å². The number of methoxy groups -OCH3 is 1. The molecule has 1 N–H and O–H groups in total. The van der Waals surface area contributed by atoms with E-state index in [2.05, 4.69) is 5.32 Å². The first-order chi connectivity index (χ1) is 14.2. The molecule has 1 heterocycles. The number of carbonyl (C=O) groups is 2. The van der Waals surface area contributed by atoms with Gasteiger partial charge in [-0.15, -0.1) is 0 Å². The second-order valence-electron chi connectivity index (χ2n) is 7.09. The largest absolute Gasteiger partial charge is 0.465 e. The molecule has 0 unspecified atom stereocenters. The van der Waals surface area contributed by atoms with Gasteiger partial charge in [-0.2, -0.15) is 4.31 Å². The molecule has 0 saturated carbocycles. The third-order valence-electron chi connectivity index (χ3n) is 5.27. The highest BCUT2D eigenvalue weighted by Gasteiger charge is 2.32. The van der Waals surface area contributed by atoms with E-state index in [1.165, 1.54) is 23.5 Å². The molecule has 0 aromatic heterocycles. The number of piperidine rings is 1. The Labute approximate surface area is 174 Å². The van der Waals surface area contributed by atoms with Crippen molar-refractivity contribution in [1.29, 1.82) is 0 Å². The molecule has 1 fully saturated rings. The number of esters is 1. The van der Waals surface area contributed by atoms with E-state index >= 15 is 0 Å². The number of anilines is 1. The van der Waals surface area contributed by atoms with Crippen LogP contribution in [-0.2, 0) is 19.6 Å². The molecule has 2 aromatic rings. The fraction of sp³-hybridized carbons (Fsp3) is 0.333. The number of amides is 1. The van der Waals surface area contributed by atoms with Crippen LogP contribution in [0.4, 0.5) is 10.1 Å². The Balaban J connectivity index is 1.65. The van der Waals surface area contributed by atoms with Crippen molar-refractivity contribution in [1.82, 2.24) is 4.31 Å². The van der Waals surface area contributed by atoms with Gasteiger partial charge in [-0.3, -0.25) is 4.79 Å². The summed E-state index contributed by atoms with van der Waals surface area (Å²) in [5.41, 5.74) is 1.49. The molecule has 1 saturated heterocycles. The molecule has 2 aromatic carbocycles. The summed E-state index contributed by atoms with van der Waals surface area (Å²) in [6.45, 7) is 2.11. The predicted octanol–water partition coefficient (Wildman–Crippen LogP) is 2.96. The van der Waals surface area contributed by atoms with Gasteiger partial charge in [0.1, 0.15) is 5.82 Å². The number of carbonyl (C=O) groups excluding carboxylic acids is 2.